The molecule has 0 spiro atoms. The van der Waals surface area contributed by atoms with Crippen molar-refractivity contribution in [2.45, 2.75) is 123 Å². The van der Waals surface area contributed by atoms with Crippen molar-refractivity contribution in [3.63, 3.8) is 0 Å². The Morgan fingerprint density at radius 3 is 1.59 bits per heavy atom. The highest BCUT2D eigenvalue weighted by molar-refractivity contribution is 5.85. The van der Waals surface area contributed by atoms with E-state index in [1.807, 2.05) is 6.92 Å². The van der Waals surface area contributed by atoms with Crippen LogP contribution in [-0.4, -0.2) is 16.7 Å². The number of unbranched alkanes of at least 4 members (excludes halogenated alkanes) is 11. The summed E-state index contributed by atoms with van der Waals surface area (Å²) < 4.78 is 0. The van der Waals surface area contributed by atoms with Crippen molar-refractivity contribution in [2.75, 3.05) is 0 Å². The Hall–Kier alpha value is -0.580. The predicted molar refractivity (Wildman–Crippen MR) is 121 cm³/mol. The molecule has 5 heteroatoms. The van der Waals surface area contributed by atoms with Crippen LogP contribution in [0.2, 0.25) is 0 Å². The SMILES string of the molecule is CCC(C)(N)O.CCCCCCCC/C=C\CCCCCCCC(N)=O.Cl. The summed E-state index contributed by atoms with van der Waals surface area (Å²) in [6.45, 7) is 5.67. The third kappa shape index (κ3) is 37.0. The summed E-state index contributed by atoms with van der Waals surface area (Å²) in [6, 6.07) is 0. The highest BCUT2D eigenvalue weighted by Gasteiger charge is 2.06. The van der Waals surface area contributed by atoms with E-state index in [9.17, 15) is 4.79 Å². The second-order valence-electron chi connectivity index (χ2n) is 7.51. The molecule has 0 rings (SSSR count). The molecule has 0 saturated carbocycles. The van der Waals surface area contributed by atoms with Gasteiger partial charge in [0.1, 0.15) is 5.72 Å². The van der Waals surface area contributed by atoms with Crippen LogP contribution in [0.15, 0.2) is 12.2 Å². The molecule has 1 unspecified atom stereocenters. The van der Waals surface area contributed by atoms with Crippen LogP contribution < -0.4 is 11.5 Å². The Morgan fingerprint density at radius 2 is 1.22 bits per heavy atom. The third-order valence-electron chi connectivity index (χ3n) is 4.40. The zero-order chi connectivity index (χ0) is 20.1. The van der Waals surface area contributed by atoms with Gasteiger partial charge in [0.15, 0.2) is 0 Å². The molecule has 0 aromatic heterocycles. The van der Waals surface area contributed by atoms with Gasteiger partial charge in [0, 0.05) is 6.42 Å². The molecular weight excluding hydrogens is 360 g/mol. The Morgan fingerprint density at radius 1 is 0.852 bits per heavy atom. The number of carbonyl (C=O) groups excluding carboxylic acids is 1. The molecule has 0 aromatic carbocycles. The summed E-state index contributed by atoms with van der Waals surface area (Å²) in [5.41, 5.74) is 9.23. The van der Waals surface area contributed by atoms with Crippen molar-refractivity contribution in [1.29, 1.82) is 0 Å². The van der Waals surface area contributed by atoms with Gasteiger partial charge in [-0.2, -0.15) is 0 Å². The van der Waals surface area contributed by atoms with Gasteiger partial charge in [-0.25, -0.2) is 0 Å². The first-order valence-corrected chi connectivity index (χ1v) is 10.8. The average Bonchev–Trinajstić information content (AvgIpc) is 2.58. The molecule has 0 saturated heterocycles. The third-order valence-corrected chi connectivity index (χ3v) is 4.40. The maximum absolute atomic E-state index is 10.5. The van der Waals surface area contributed by atoms with Gasteiger partial charge in [-0.3, -0.25) is 4.79 Å². The molecule has 0 heterocycles. The lowest BCUT2D eigenvalue weighted by Crippen LogP contribution is -2.34. The quantitative estimate of drug-likeness (QED) is 0.167. The first-order chi connectivity index (χ1) is 12.3. The van der Waals surface area contributed by atoms with Gasteiger partial charge < -0.3 is 16.6 Å². The number of amides is 1. The van der Waals surface area contributed by atoms with Crippen LogP contribution in [0.25, 0.3) is 0 Å². The van der Waals surface area contributed by atoms with Gasteiger partial charge in [-0.05, 0) is 45.4 Å². The first-order valence-electron chi connectivity index (χ1n) is 10.8. The molecule has 164 valence electrons. The van der Waals surface area contributed by atoms with Crippen LogP contribution in [0.5, 0.6) is 0 Å². The van der Waals surface area contributed by atoms with Gasteiger partial charge in [-0.1, -0.05) is 77.4 Å². The van der Waals surface area contributed by atoms with E-state index in [2.05, 4.69) is 19.1 Å². The van der Waals surface area contributed by atoms with Gasteiger partial charge in [0.05, 0.1) is 0 Å². The van der Waals surface area contributed by atoms with E-state index in [0.717, 1.165) is 12.8 Å². The molecule has 0 bridgehead atoms. The van der Waals surface area contributed by atoms with Crippen LogP contribution in [0.3, 0.4) is 0 Å². The zero-order valence-corrected chi connectivity index (χ0v) is 19.0. The number of aliphatic hydroxyl groups is 1. The molecule has 0 fully saturated rings. The largest absolute Gasteiger partial charge is 0.376 e. The van der Waals surface area contributed by atoms with E-state index in [-0.39, 0.29) is 18.3 Å². The van der Waals surface area contributed by atoms with E-state index < -0.39 is 5.72 Å². The Kier molecular flexibility index (Phi) is 27.0. The summed E-state index contributed by atoms with van der Waals surface area (Å²) in [5, 5.41) is 8.60. The lowest BCUT2D eigenvalue weighted by atomic mass is 10.1. The highest BCUT2D eigenvalue weighted by Crippen LogP contribution is 2.09. The smallest absolute Gasteiger partial charge is 0.217 e. The van der Waals surface area contributed by atoms with Crippen LogP contribution in [0.4, 0.5) is 0 Å². The number of nitrogens with two attached hydrogens (primary N) is 2. The van der Waals surface area contributed by atoms with Gasteiger partial charge in [0.2, 0.25) is 5.91 Å². The molecule has 0 aliphatic carbocycles. The molecule has 1 atom stereocenters. The fourth-order valence-electron chi connectivity index (χ4n) is 2.37. The summed E-state index contributed by atoms with van der Waals surface area (Å²) >= 11 is 0. The van der Waals surface area contributed by atoms with Crippen LogP contribution in [-0.2, 0) is 4.79 Å². The normalized spacial score (nSPS) is 12.8. The van der Waals surface area contributed by atoms with Crippen LogP contribution in [0, 0.1) is 0 Å². The van der Waals surface area contributed by atoms with Gasteiger partial charge in [-0.15, -0.1) is 12.4 Å². The van der Waals surface area contributed by atoms with Crippen molar-refractivity contribution >= 4 is 18.3 Å². The number of halogens is 1. The molecule has 27 heavy (non-hydrogen) atoms. The summed E-state index contributed by atoms with van der Waals surface area (Å²) in [4.78, 5) is 10.5. The molecule has 4 nitrogen and oxygen atoms in total. The van der Waals surface area contributed by atoms with Gasteiger partial charge >= 0.3 is 0 Å². The predicted octanol–water partition coefficient (Wildman–Crippen LogP) is 5.99. The van der Waals surface area contributed by atoms with Crippen LogP contribution in [0.1, 0.15) is 117 Å². The lowest BCUT2D eigenvalue weighted by Gasteiger charge is -2.11. The number of carbonyl (C=O) groups is 1. The fraction of sp³-hybridized carbons (Fsp3) is 0.864. The standard InChI is InChI=1S/C18H35NO.C4H11NO.ClH/c1-2-3-4-5-6-7-8-9-10-11-12-13-14-15-16-17-18(19)20;1-3-4(2,5)6;/h9-10H,2-8,11-17H2,1H3,(H2,19,20);6H,3,5H2,1-2H3;1H/b10-9-;;. The monoisotopic (exact) mass is 406 g/mol. The Bertz CT molecular complexity index is 329. The zero-order valence-electron chi connectivity index (χ0n) is 18.2. The Balaban J connectivity index is -0.000000709. The van der Waals surface area contributed by atoms with Crippen molar-refractivity contribution in [2.24, 2.45) is 11.5 Å². The topological polar surface area (TPSA) is 89.3 Å². The number of hydrogen-bond donors (Lipinski definition) is 3. The maximum Gasteiger partial charge on any atom is 0.217 e. The maximum atomic E-state index is 10.5. The number of rotatable bonds is 16. The van der Waals surface area contributed by atoms with E-state index >= 15 is 0 Å². The molecule has 1 amide bonds. The molecule has 0 radical (unpaired) electrons. The number of primary amides is 1. The van der Waals surface area contributed by atoms with Crippen molar-refractivity contribution < 1.29 is 9.90 Å². The highest BCUT2D eigenvalue weighted by atomic mass is 35.5. The summed E-state index contributed by atoms with van der Waals surface area (Å²) in [6.07, 6.45) is 22.5. The second-order valence-corrected chi connectivity index (χ2v) is 7.51. The summed E-state index contributed by atoms with van der Waals surface area (Å²) in [5.74, 6) is -0.164. The second kappa shape index (κ2) is 23.5. The fourth-order valence-corrected chi connectivity index (χ4v) is 2.37. The lowest BCUT2D eigenvalue weighted by molar-refractivity contribution is -0.118. The molecule has 5 N–H and O–H groups in total. The molecule has 0 aliphatic heterocycles. The van der Waals surface area contributed by atoms with E-state index in [0.29, 0.717) is 12.8 Å². The van der Waals surface area contributed by atoms with E-state index in [1.165, 1.54) is 70.6 Å². The van der Waals surface area contributed by atoms with Crippen molar-refractivity contribution in [3.8, 4) is 0 Å². The molecule has 0 aromatic rings. The Labute approximate surface area is 175 Å². The summed E-state index contributed by atoms with van der Waals surface area (Å²) in [7, 11) is 0. The molecule has 0 aliphatic rings. The van der Waals surface area contributed by atoms with Gasteiger partial charge in [0.25, 0.3) is 0 Å². The van der Waals surface area contributed by atoms with Crippen LogP contribution >= 0.6 is 12.4 Å². The number of hydrogen-bond acceptors (Lipinski definition) is 3. The average molecular weight is 407 g/mol. The van der Waals surface area contributed by atoms with E-state index in [4.69, 9.17) is 16.6 Å². The minimum Gasteiger partial charge on any atom is -0.376 e. The number of allylic oxidation sites excluding steroid dienone is 2. The minimum atomic E-state index is -0.958. The van der Waals surface area contributed by atoms with Crippen molar-refractivity contribution in [1.82, 2.24) is 0 Å². The molecular formula is C22H47ClN2O2. The minimum absolute atomic E-state index is 0. The van der Waals surface area contributed by atoms with E-state index in [1.54, 1.807) is 6.92 Å². The first kappa shape index (κ1) is 31.1. The van der Waals surface area contributed by atoms with Crippen molar-refractivity contribution in [3.05, 3.63) is 12.2 Å².